The van der Waals surface area contributed by atoms with Crippen LogP contribution < -0.4 is 0 Å². The highest BCUT2D eigenvalue weighted by atomic mass is 16.5. The van der Waals surface area contributed by atoms with Crippen LogP contribution in [0.5, 0.6) is 0 Å². The molecule has 3 aromatic carbocycles. The molecule has 156 valence electrons. The van der Waals surface area contributed by atoms with Crippen molar-refractivity contribution in [1.29, 1.82) is 0 Å². The molecule has 31 heavy (non-hydrogen) atoms. The largest absolute Gasteiger partial charge is 0.422 e. The third kappa shape index (κ3) is 4.58. The normalized spacial score (nSPS) is 11.6. The van der Waals surface area contributed by atoms with Crippen molar-refractivity contribution in [2.24, 2.45) is 0 Å². The number of esters is 1. The summed E-state index contributed by atoms with van der Waals surface area (Å²) >= 11 is 0. The van der Waals surface area contributed by atoms with E-state index in [1.807, 2.05) is 74.5 Å². The summed E-state index contributed by atoms with van der Waals surface area (Å²) in [5.41, 5.74) is 5.59. The number of fused-ring (bicyclic) bond motifs is 1. The number of hydrogen-bond acceptors (Lipinski definition) is 3. The van der Waals surface area contributed by atoms with Crippen molar-refractivity contribution in [2.75, 3.05) is 0 Å². The van der Waals surface area contributed by atoms with Crippen LogP contribution in [0.1, 0.15) is 46.2 Å². The lowest BCUT2D eigenvalue weighted by Crippen LogP contribution is -2.06. The van der Waals surface area contributed by atoms with Crippen molar-refractivity contribution < 1.29 is 9.53 Å². The Morgan fingerprint density at radius 1 is 0.903 bits per heavy atom. The SMILES string of the molecule is CCCn1c(C=C(OC(=O)c2ccc(C)cc2)c2ccc(C)cc2)nc2ccccc21. The topological polar surface area (TPSA) is 44.1 Å². The van der Waals surface area contributed by atoms with Crippen molar-refractivity contribution in [3.05, 3.63) is 101 Å². The number of benzene rings is 3. The molecule has 0 N–H and O–H groups in total. The molecule has 1 heterocycles. The third-order valence-corrected chi connectivity index (χ3v) is 5.22. The van der Waals surface area contributed by atoms with E-state index in [1.54, 1.807) is 12.1 Å². The predicted octanol–water partition coefficient (Wildman–Crippen LogP) is 6.42. The fourth-order valence-corrected chi connectivity index (χ4v) is 3.52. The fraction of sp³-hybridized carbons (Fsp3) is 0.185. The Morgan fingerprint density at radius 2 is 1.52 bits per heavy atom. The van der Waals surface area contributed by atoms with Crippen LogP contribution in [0.3, 0.4) is 0 Å². The van der Waals surface area contributed by atoms with Crippen LogP contribution in [0, 0.1) is 13.8 Å². The zero-order chi connectivity index (χ0) is 21.8. The van der Waals surface area contributed by atoms with Crippen LogP contribution in [-0.4, -0.2) is 15.5 Å². The molecule has 0 radical (unpaired) electrons. The highest BCUT2D eigenvalue weighted by molar-refractivity contribution is 5.95. The monoisotopic (exact) mass is 410 g/mol. The van der Waals surface area contributed by atoms with Gasteiger partial charge in [0.15, 0.2) is 0 Å². The van der Waals surface area contributed by atoms with E-state index in [4.69, 9.17) is 9.72 Å². The van der Waals surface area contributed by atoms with Gasteiger partial charge in [-0.1, -0.05) is 66.6 Å². The summed E-state index contributed by atoms with van der Waals surface area (Å²) in [6.45, 7) is 7.00. The first-order valence-corrected chi connectivity index (χ1v) is 10.6. The van der Waals surface area contributed by atoms with Crippen molar-refractivity contribution >= 4 is 28.8 Å². The molecule has 0 unspecified atom stereocenters. The Hall–Kier alpha value is -3.66. The molecule has 4 rings (SSSR count). The zero-order valence-electron chi connectivity index (χ0n) is 18.1. The maximum Gasteiger partial charge on any atom is 0.343 e. The molecule has 4 nitrogen and oxygen atoms in total. The molecule has 0 aliphatic heterocycles. The van der Waals surface area contributed by atoms with E-state index in [0.29, 0.717) is 11.3 Å². The first-order chi connectivity index (χ1) is 15.0. The molecule has 0 atom stereocenters. The molecular formula is C27H26N2O2. The fourth-order valence-electron chi connectivity index (χ4n) is 3.52. The summed E-state index contributed by atoms with van der Waals surface area (Å²) in [4.78, 5) is 17.7. The number of imidazole rings is 1. The summed E-state index contributed by atoms with van der Waals surface area (Å²) in [6, 6.07) is 23.4. The van der Waals surface area contributed by atoms with E-state index in [0.717, 1.165) is 46.5 Å². The van der Waals surface area contributed by atoms with Crippen LogP contribution in [0.2, 0.25) is 0 Å². The first kappa shape index (κ1) is 20.6. The minimum atomic E-state index is -0.384. The quantitative estimate of drug-likeness (QED) is 0.272. The molecular weight excluding hydrogens is 384 g/mol. The predicted molar refractivity (Wildman–Crippen MR) is 126 cm³/mol. The molecule has 1 aromatic heterocycles. The van der Waals surface area contributed by atoms with Crippen molar-refractivity contribution in [2.45, 2.75) is 33.7 Å². The number of aryl methyl sites for hydroxylation is 3. The van der Waals surface area contributed by atoms with E-state index in [1.165, 1.54) is 0 Å². The average Bonchev–Trinajstić information content (AvgIpc) is 3.12. The van der Waals surface area contributed by atoms with E-state index >= 15 is 0 Å². The Labute approximate surface area is 182 Å². The van der Waals surface area contributed by atoms with Gasteiger partial charge < -0.3 is 9.30 Å². The highest BCUT2D eigenvalue weighted by Crippen LogP contribution is 2.25. The second kappa shape index (κ2) is 9.00. The van der Waals surface area contributed by atoms with Crippen LogP contribution in [0.4, 0.5) is 0 Å². The molecule has 0 amide bonds. The number of hydrogen-bond donors (Lipinski definition) is 0. The second-order valence-corrected chi connectivity index (χ2v) is 7.74. The minimum absolute atomic E-state index is 0.384. The van der Waals surface area contributed by atoms with Gasteiger partial charge in [0, 0.05) is 18.2 Å². The smallest absolute Gasteiger partial charge is 0.343 e. The summed E-state index contributed by atoms with van der Waals surface area (Å²) in [5.74, 6) is 0.874. The summed E-state index contributed by atoms with van der Waals surface area (Å²) in [6.07, 6.45) is 2.84. The first-order valence-electron chi connectivity index (χ1n) is 10.6. The number of ether oxygens (including phenoxy) is 1. The summed E-state index contributed by atoms with van der Waals surface area (Å²) in [5, 5.41) is 0. The van der Waals surface area contributed by atoms with Gasteiger partial charge in [-0.25, -0.2) is 9.78 Å². The number of para-hydroxylation sites is 2. The molecule has 0 fully saturated rings. The van der Waals surface area contributed by atoms with Gasteiger partial charge >= 0.3 is 5.97 Å². The number of nitrogens with zero attached hydrogens (tertiary/aromatic N) is 2. The van der Waals surface area contributed by atoms with Crippen LogP contribution >= 0.6 is 0 Å². The van der Waals surface area contributed by atoms with Gasteiger partial charge in [-0.2, -0.15) is 0 Å². The molecule has 0 saturated carbocycles. The Bertz CT molecular complexity index is 1230. The lowest BCUT2D eigenvalue weighted by molar-refractivity contribution is 0.0693. The summed E-state index contributed by atoms with van der Waals surface area (Å²) in [7, 11) is 0. The number of rotatable bonds is 6. The van der Waals surface area contributed by atoms with Crippen molar-refractivity contribution in [3.63, 3.8) is 0 Å². The lowest BCUT2D eigenvalue weighted by Gasteiger charge is -2.11. The highest BCUT2D eigenvalue weighted by Gasteiger charge is 2.15. The Kier molecular flexibility index (Phi) is 5.99. The number of aromatic nitrogens is 2. The standard InChI is InChI=1S/C27H26N2O2/c1-4-17-29-24-8-6-5-7-23(24)28-26(29)18-25(21-13-9-19(2)10-14-21)31-27(30)22-15-11-20(3)12-16-22/h5-16,18H,4,17H2,1-3H3. The molecule has 4 heteroatoms. The third-order valence-electron chi connectivity index (χ3n) is 5.22. The molecule has 0 saturated heterocycles. The Morgan fingerprint density at radius 3 is 2.16 bits per heavy atom. The van der Waals surface area contributed by atoms with Gasteiger partial charge in [-0.05, 0) is 44.5 Å². The van der Waals surface area contributed by atoms with E-state index < -0.39 is 0 Å². The second-order valence-electron chi connectivity index (χ2n) is 7.74. The summed E-state index contributed by atoms with van der Waals surface area (Å²) < 4.78 is 8.07. The van der Waals surface area contributed by atoms with Crippen molar-refractivity contribution in [1.82, 2.24) is 9.55 Å². The average molecular weight is 411 g/mol. The molecule has 0 spiro atoms. The molecule has 0 aliphatic carbocycles. The maximum atomic E-state index is 12.9. The van der Waals surface area contributed by atoms with E-state index in [9.17, 15) is 4.79 Å². The lowest BCUT2D eigenvalue weighted by atomic mass is 10.1. The molecule has 0 bridgehead atoms. The van der Waals surface area contributed by atoms with Gasteiger partial charge in [0.25, 0.3) is 0 Å². The molecule has 0 aliphatic rings. The van der Waals surface area contributed by atoms with E-state index in [-0.39, 0.29) is 5.97 Å². The minimum Gasteiger partial charge on any atom is -0.422 e. The van der Waals surface area contributed by atoms with Gasteiger partial charge in [0.05, 0.1) is 16.6 Å². The van der Waals surface area contributed by atoms with Crippen LogP contribution in [0.15, 0.2) is 72.8 Å². The van der Waals surface area contributed by atoms with Gasteiger partial charge in [0.2, 0.25) is 0 Å². The van der Waals surface area contributed by atoms with Gasteiger partial charge in [-0.15, -0.1) is 0 Å². The van der Waals surface area contributed by atoms with Crippen molar-refractivity contribution in [3.8, 4) is 0 Å². The molecule has 4 aromatic rings. The number of carbonyl (C=O) groups is 1. The van der Waals surface area contributed by atoms with Gasteiger partial charge in [-0.3, -0.25) is 0 Å². The van der Waals surface area contributed by atoms with Gasteiger partial charge in [0.1, 0.15) is 11.6 Å². The van der Waals surface area contributed by atoms with E-state index in [2.05, 4.69) is 17.6 Å². The van der Waals surface area contributed by atoms with Crippen LogP contribution in [0.25, 0.3) is 22.9 Å². The zero-order valence-corrected chi connectivity index (χ0v) is 18.1. The Balaban J connectivity index is 1.79. The van der Waals surface area contributed by atoms with Crippen LogP contribution in [-0.2, 0) is 11.3 Å². The maximum absolute atomic E-state index is 12.9. The number of carbonyl (C=O) groups excluding carboxylic acids is 1.